The molecule has 1 fully saturated rings. The van der Waals surface area contributed by atoms with E-state index in [0.717, 1.165) is 24.5 Å². The van der Waals surface area contributed by atoms with Gasteiger partial charge in [-0.1, -0.05) is 58.6 Å². The van der Waals surface area contributed by atoms with Crippen LogP contribution in [0.5, 0.6) is 5.75 Å². The zero-order valence-corrected chi connectivity index (χ0v) is 17.6. The van der Waals surface area contributed by atoms with Crippen molar-refractivity contribution in [3.63, 3.8) is 0 Å². The Morgan fingerprint density at radius 1 is 1.14 bits per heavy atom. The van der Waals surface area contributed by atoms with Crippen molar-refractivity contribution >= 4 is 29.3 Å². The number of nitrogens with one attached hydrogen (secondary N) is 1. The number of aliphatic hydroxyl groups excluding tert-OH is 1. The first-order chi connectivity index (χ1) is 13.2. The average Bonchev–Trinajstić information content (AvgIpc) is 2.64. The Balaban J connectivity index is 0.00000392. The van der Waals surface area contributed by atoms with Crippen LogP contribution in [-0.2, 0) is 0 Å². The topological polar surface area (TPSA) is 58.6 Å². The van der Waals surface area contributed by atoms with Crippen LogP contribution < -0.4 is 10.1 Å². The fourth-order valence-electron chi connectivity index (χ4n) is 3.33. The molecule has 0 aliphatic heterocycles. The number of aliphatic hydroxyl groups is 1. The molecule has 1 aliphatic rings. The molecule has 1 saturated carbocycles. The third-order valence-electron chi connectivity index (χ3n) is 4.90. The number of ether oxygens (including phenoxy) is 1. The van der Waals surface area contributed by atoms with E-state index < -0.39 is 0 Å². The van der Waals surface area contributed by atoms with Gasteiger partial charge in [-0.3, -0.25) is 4.79 Å². The van der Waals surface area contributed by atoms with Gasteiger partial charge in [0, 0.05) is 18.9 Å². The van der Waals surface area contributed by atoms with Crippen LogP contribution in [0.2, 0.25) is 5.02 Å². The van der Waals surface area contributed by atoms with Crippen molar-refractivity contribution in [1.29, 1.82) is 0 Å². The quantitative estimate of drug-likeness (QED) is 0.421. The lowest BCUT2D eigenvalue weighted by molar-refractivity contribution is 0.0944. The maximum absolute atomic E-state index is 12.6. The highest BCUT2D eigenvalue weighted by molar-refractivity contribution is 7.99. The molecular weight excluding hydrogens is 406 g/mol. The largest absolute Gasteiger partial charge is 0.493 e. The van der Waals surface area contributed by atoms with Gasteiger partial charge in [-0.25, -0.2) is 0 Å². The summed E-state index contributed by atoms with van der Waals surface area (Å²) < 4.78 is 5.73. The highest BCUT2D eigenvalue weighted by atomic mass is 35.5. The first-order valence-electron chi connectivity index (χ1n) is 10.1. The first kappa shape index (κ1) is 28.1. The monoisotopic (exact) mass is 445 g/mol. The van der Waals surface area contributed by atoms with Gasteiger partial charge in [0.1, 0.15) is 5.75 Å². The smallest absolute Gasteiger partial charge is 0.252 e. The predicted octanol–water partition coefficient (Wildman–Crippen LogP) is 6.20. The molecule has 1 amide bonds. The minimum absolute atomic E-state index is 0. The van der Waals surface area contributed by atoms with Crippen LogP contribution in [0.3, 0.4) is 0 Å². The lowest BCUT2D eigenvalue weighted by atomic mass is 9.91. The van der Waals surface area contributed by atoms with Crippen molar-refractivity contribution in [2.75, 3.05) is 31.3 Å². The number of carbonyl (C=O) groups excluding carboxylic acids is 1. The van der Waals surface area contributed by atoms with Crippen LogP contribution in [-0.4, -0.2) is 42.3 Å². The molecule has 2 rings (SSSR count). The van der Waals surface area contributed by atoms with E-state index in [1.54, 1.807) is 30.0 Å². The van der Waals surface area contributed by atoms with E-state index in [2.05, 4.69) is 5.32 Å². The fourth-order valence-corrected chi connectivity index (χ4v) is 4.27. The standard InChI is InChI=1S/C21H32ClNO3S.2CH4/c22-20-10-9-18(26-12-14-27-13-6-11-24)15-19(20)21(25)23-16-17-7-4-2-1-3-5-8-17;;/h9-10,15,17,24H,1-8,11-14,16H2,(H,23,25);2*1H4. The third kappa shape index (κ3) is 11.2. The molecule has 1 aromatic rings. The number of hydrogen-bond donors (Lipinski definition) is 2. The molecule has 4 nitrogen and oxygen atoms in total. The molecule has 2 N–H and O–H groups in total. The number of halogens is 1. The zero-order chi connectivity index (χ0) is 19.3. The summed E-state index contributed by atoms with van der Waals surface area (Å²) in [4.78, 5) is 12.6. The van der Waals surface area contributed by atoms with Crippen LogP contribution in [0.4, 0.5) is 0 Å². The van der Waals surface area contributed by atoms with E-state index in [9.17, 15) is 4.79 Å². The van der Waals surface area contributed by atoms with Gasteiger partial charge in [-0.05, 0) is 49.1 Å². The number of benzene rings is 1. The molecule has 0 radical (unpaired) electrons. The van der Waals surface area contributed by atoms with Gasteiger partial charge in [-0.15, -0.1) is 0 Å². The summed E-state index contributed by atoms with van der Waals surface area (Å²) in [6.07, 6.45) is 9.71. The molecule has 0 atom stereocenters. The zero-order valence-electron chi connectivity index (χ0n) is 16.1. The van der Waals surface area contributed by atoms with E-state index in [4.69, 9.17) is 21.4 Å². The normalized spacial score (nSPS) is 14.7. The average molecular weight is 446 g/mol. The Labute approximate surface area is 187 Å². The maximum atomic E-state index is 12.6. The summed E-state index contributed by atoms with van der Waals surface area (Å²) in [7, 11) is 0. The molecule has 0 spiro atoms. The summed E-state index contributed by atoms with van der Waals surface area (Å²) >= 11 is 7.98. The van der Waals surface area contributed by atoms with E-state index in [1.807, 2.05) is 0 Å². The second-order valence-corrected chi connectivity index (χ2v) is 8.73. The van der Waals surface area contributed by atoms with Gasteiger partial charge < -0.3 is 15.2 Å². The number of carbonyl (C=O) groups is 1. The van der Waals surface area contributed by atoms with E-state index in [-0.39, 0.29) is 27.4 Å². The van der Waals surface area contributed by atoms with Crippen molar-refractivity contribution in [2.24, 2.45) is 5.92 Å². The molecule has 0 aromatic heterocycles. The molecule has 168 valence electrons. The van der Waals surface area contributed by atoms with Crippen molar-refractivity contribution in [3.8, 4) is 5.75 Å². The van der Waals surface area contributed by atoms with Gasteiger partial charge in [-0.2, -0.15) is 11.8 Å². The summed E-state index contributed by atoms with van der Waals surface area (Å²) in [6.45, 7) is 1.52. The SMILES string of the molecule is C.C.O=C(NCC1CCCCCCC1)c1cc(OCCSCCCO)ccc1Cl. The summed E-state index contributed by atoms with van der Waals surface area (Å²) in [5.41, 5.74) is 0.480. The number of rotatable bonds is 10. The second-order valence-electron chi connectivity index (χ2n) is 7.10. The Kier molecular flexibility index (Phi) is 16.3. The minimum atomic E-state index is -0.121. The lowest BCUT2D eigenvalue weighted by Crippen LogP contribution is -2.30. The summed E-state index contributed by atoms with van der Waals surface area (Å²) in [6, 6.07) is 5.25. The van der Waals surface area contributed by atoms with Gasteiger partial charge in [0.05, 0.1) is 17.2 Å². The van der Waals surface area contributed by atoms with Crippen molar-refractivity contribution in [3.05, 3.63) is 28.8 Å². The summed E-state index contributed by atoms with van der Waals surface area (Å²) in [5, 5.41) is 12.3. The fraction of sp³-hybridized carbons (Fsp3) is 0.696. The maximum Gasteiger partial charge on any atom is 0.252 e. The predicted molar refractivity (Wildman–Crippen MR) is 128 cm³/mol. The van der Waals surface area contributed by atoms with Gasteiger partial charge in [0.15, 0.2) is 0 Å². The molecule has 0 heterocycles. The molecule has 0 saturated heterocycles. The van der Waals surface area contributed by atoms with Crippen LogP contribution in [0.1, 0.15) is 76.6 Å². The van der Waals surface area contributed by atoms with E-state index in [0.29, 0.717) is 28.9 Å². The Morgan fingerprint density at radius 3 is 2.52 bits per heavy atom. The third-order valence-corrected chi connectivity index (χ3v) is 6.26. The molecule has 1 aromatic carbocycles. The van der Waals surface area contributed by atoms with E-state index >= 15 is 0 Å². The number of thioether (sulfide) groups is 1. The number of amides is 1. The highest BCUT2D eigenvalue weighted by Gasteiger charge is 2.16. The minimum Gasteiger partial charge on any atom is -0.493 e. The Hall–Kier alpha value is -0.910. The van der Waals surface area contributed by atoms with Gasteiger partial charge in [0.25, 0.3) is 5.91 Å². The van der Waals surface area contributed by atoms with Crippen molar-refractivity contribution < 1.29 is 14.6 Å². The second kappa shape index (κ2) is 16.8. The molecule has 1 aliphatic carbocycles. The highest BCUT2D eigenvalue weighted by Crippen LogP contribution is 2.24. The Morgan fingerprint density at radius 2 is 1.83 bits per heavy atom. The molecule has 29 heavy (non-hydrogen) atoms. The van der Waals surface area contributed by atoms with Crippen LogP contribution in [0.25, 0.3) is 0 Å². The van der Waals surface area contributed by atoms with Crippen molar-refractivity contribution in [2.45, 2.75) is 66.2 Å². The van der Waals surface area contributed by atoms with Crippen LogP contribution in [0, 0.1) is 5.92 Å². The lowest BCUT2D eigenvalue weighted by Gasteiger charge is -2.20. The molecule has 0 unspecified atom stereocenters. The molecular formula is C23H40ClNO3S. The molecule has 0 bridgehead atoms. The van der Waals surface area contributed by atoms with Crippen LogP contribution in [0.15, 0.2) is 18.2 Å². The van der Waals surface area contributed by atoms with Crippen LogP contribution >= 0.6 is 23.4 Å². The van der Waals surface area contributed by atoms with Gasteiger partial charge in [0.2, 0.25) is 0 Å². The van der Waals surface area contributed by atoms with Gasteiger partial charge >= 0.3 is 0 Å². The first-order valence-corrected chi connectivity index (χ1v) is 11.6. The van der Waals surface area contributed by atoms with Crippen molar-refractivity contribution in [1.82, 2.24) is 5.32 Å². The van der Waals surface area contributed by atoms with E-state index in [1.165, 1.54) is 44.9 Å². The number of hydrogen-bond acceptors (Lipinski definition) is 4. The molecule has 6 heteroatoms. The summed E-state index contributed by atoms with van der Waals surface area (Å²) in [5.74, 6) is 2.90. The Bertz CT molecular complexity index is 563.